The molecule has 2 rings (SSSR count). The van der Waals surface area contributed by atoms with Crippen LogP contribution in [0.1, 0.15) is 12.5 Å². The zero-order valence-corrected chi connectivity index (χ0v) is 12.2. The van der Waals surface area contributed by atoms with Crippen LogP contribution in [0, 0.1) is 12.7 Å². The van der Waals surface area contributed by atoms with Crippen LogP contribution in [0.2, 0.25) is 0 Å². The quantitative estimate of drug-likeness (QED) is 0.867. The van der Waals surface area contributed by atoms with Crippen LogP contribution in [0.25, 0.3) is 0 Å². The molecule has 0 bridgehead atoms. The second kappa shape index (κ2) is 5.63. The van der Waals surface area contributed by atoms with Crippen molar-refractivity contribution in [2.24, 2.45) is 0 Å². The largest absolute Gasteiger partial charge is 0.267 e. The third kappa shape index (κ3) is 2.82. The fraction of sp³-hybridized carbons (Fsp3) is 0.200. The van der Waals surface area contributed by atoms with E-state index in [1.807, 2.05) is 6.92 Å². The van der Waals surface area contributed by atoms with E-state index in [0.717, 1.165) is 5.56 Å². The van der Waals surface area contributed by atoms with E-state index in [2.05, 4.69) is 0 Å². The van der Waals surface area contributed by atoms with Crippen molar-refractivity contribution in [3.63, 3.8) is 0 Å². The standard InChI is InChI=1S/C15H16FNO2S/c1-3-17(14-6-4-5-13(16)11-14)20(18,19)15-9-7-12(2)8-10-15/h4-11H,3H2,1-2H3. The number of rotatable bonds is 4. The Balaban J connectivity index is 2.47. The summed E-state index contributed by atoms with van der Waals surface area (Å²) < 4.78 is 39.7. The topological polar surface area (TPSA) is 37.4 Å². The molecule has 20 heavy (non-hydrogen) atoms. The van der Waals surface area contributed by atoms with Crippen LogP contribution in [0.4, 0.5) is 10.1 Å². The highest BCUT2D eigenvalue weighted by atomic mass is 32.2. The first-order valence-corrected chi connectivity index (χ1v) is 7.74. The Morgan fingerprint density at radius 1 is 1.10 bits per heavy atom. The fourth-order valence-electron chi connectivity index (χ4n) is 1.96. The summed E-state index contributed by atoms with van der Waals surface area (Å²) in [6, 6.07) is 12.2. The second-order valence-electron chi connectivity index (χ2n) is 4.46. The molecule has 2 aromatic carbocycles. The van der Waals surface area contributed by atoms with E-state index in [1.54, 1.807) is 37.3 Å². The predicted octanol–water partition coefficient (Wildman–Crippen LogP) is 3.35. The van der Waals surface area contributed by atoms with Crippen molar-refractivity contribution in [2.75, 3.05) is 10.8 Å². The molecule has 0 saturated heterocycles. The third-order valence-electron chi connectivity index (χ3n) is 2.99. The monoisotopic (exact) mass is 293 g/mol. The Kier molecular flexibility index (Phi) is 4.09. The van der Waals surface area contributed by atoms with Gasteiger partial charge in [-0.2, -0.15) is 0 Å². The summed E-state index contributed by atoms with van der Waals surface area (Å²) in [6.07, 6.45) is 0. The van der Waals surface area contributed by atoms with E-state index in [-0.39, 0.29) is 11.4 Å². The number of halogens is 1. The molecule has 0 fully saturated rings. The van der Waals surface area contributed by atoms with Crippen molar-refractivity contribution in [1.82, 2.24) is 0 Å². The van der Waals surface area contributed by atoms with Gasteiger partial charge in [-0.05, 0) is 44.2 Å². The minimum absolute atomic E-state index is 0.203. The number of hydrogen-bond donors (Lipinski definition) is 0. The predicted molar refractivity (Wildman–Crippen MR) is 77.8 cm³/mol. The van der Waals surface area contributed by atoms with Crippen LogP contribution in [-0.2, 0) is 10.0 Å². The summed E-state index contributed by atoms with van der Waals surface area (Å²) in [6.45, 7) is 3.84. The average Bonchev–Trinajstić information content (AvgIpc) is 2.40. The molecule has 0 aromatic heterocycles. The number of sulfonamides is 1. The summed E-state index contributed by atoms with van der Waals surface area (Å²) in [4.78, 5) is 0.203. The van der Waals surface area contributed by atoms with Crippen LogP contribution < -0.4 is 4.31 Å². The second-order valence-corrected chi connectivity index (χ2v) is 6.33. The van der Waals surface area contributed by atoms with E-state index in [4.69, 9.17) is 0 Å². The van der Waals surface area contributed by atoms with Gasteiger partial charge in [-0.15, -0.1) is 0 Å². The smallest absolute Gasteiger partial charge is 0.264 e. The molecule has 0 amide bonds. The maximum absolute atomic E-state index is 13.3. The number of hydrogen-bond acceptors (Lipinski definition) is 2. The third-order valence-corrected chi connectivity index (χ3v) is 4.91. The highest BCUT2D eigenvalue weighted by molar-refractivity contribution is 7.92. The summed E-state index contributed by atoms with van der Waals surface area (Å²) in [5.74, 6) is -0.458. The molecule has 2 aromatic rings. The molecule has 5 heteroatoms. The van der Waals surface area contributed by atoms with Crippen molar-refractivity contribution in [3.8, 4) is 0 Å². The maximum Gasteiger partial charge on any atom is 0.264 e. The van der Waals surface area contributed by atoms with E-state index in [0.29, 0.717) is 5.69 Å². The van der Waals surface area contributed by atoms with Crippen LogP contribution in [0.15, 0.2) is 53.4 Å². The molecular weight excluding hydrogens is 277 g/mol. The van der Waals surface area contributed by atoms with Crippen molar-refractivity contribution in [2.45, 2.75) is 18.7 Å². The van der Waals surface area contributed by atoms with Gasteiger partial charge < -0.3 is 0 Å². The van der Waals surface area contributed by atoms with Crippen molar-refractivity contribution < 1.29 is 12.8 Å². The van der Waals surface area contributed by atoms with Gasteiger partial charge in [-0.3, -0.25) is 4.31 Å². The number of benzene rings is 2. The number of nitrogens with zero attached hydrogens (tertiary/aromatic N) is 1. The molecule has 0 heterocycles. The Morgan fingerprint density at radius 2 is 1.75 bits per heavy atom. The first-order chi connectivity index (χ1) is 9.45. The van der Waals surface area contributed by atoms with Crippen LogP contribution >= 0.6 is 0 Å². The van der Waals surface area contributed by atoms with E-state index in [1.165, 1.54) is 22.5 Å². The summed E-state index contributed by atoms with van der Waals surface area (Å²) in [5, 5.41) is 0. The van der Waals surface area contributed by atoms with Gasteiger partial charge >= 0.3 is 0 Å². The fourth-order valence-corrected chi connectivity index (χ4v) is 3.43. The molecule has 0 saturated carbocycles. The van der Waals surface area contributed by atoms with Gasteiger partial charge in [-0.1, -0.05) is 23.8 Å². The molecule has 106 valence electrons. The molecule has 3 nitrogen and oxygen atoms in total. The van der Waals surface area contributed by atoms with Crippen LogP contribution in [0.5, 0.6) is 0 Å². The molecule has 0 aliphatic rings. The minimum Gasteiger partial charge on any atom is -0.267 e. The highest BCUT2D eigenvalue weighted by Gasteiger charge is 2.23. The lowest BCUT2D eigenvalue weighted by Crippen LogP contribution is -2.30. The lowest BCUT2D eigenvalue weighted by atomic mass is 10.2. The molecule has 0 radical (unpaired) electrons. The zero-order chi connectivity index (χ0) is 14.8. The van der Waals surface area contributed by atoms with Gasteiger partial charge in [0.1, 0.15) is 5.82 Å². The lowest BCUT2D eigenvalue weighted by molar-refractivity contribution is 0.591. The molecule has 0 atom stereocenters. The van der Waals surface area contributed by atoms with E-state index in [9.17, 15) is 12.8 Å². The van der Waals surface area contributed by atoms with Gasteiger partial charge in [0.2, 0.25) is 0 Å². The molecule has 0 N–H and O–H groups in total. The first kappa shape index (κ1) is 14.5. The van der Waals surface area contributed by atoms with Gasteiger partial charge in [-0.25, -0.2) is 12.8 Å². The van der Waals surface area contributed by atoms with Gasteiger partial charge in [0.15, 0.2) is 0 Å². The molecule has 0 spiro atoms. The number of anilines is 1. The Bertz CT molecular complexity index is 696. The van der Waals surface area contributed by atoms with Crippen molar-refractivity contribution in [1.29, 1.82) is 0 Å². The van der Waals surface area contributed by atoms with Crippen molar-refractivity contribution >= 4 is 15.7 Å². The lowest BCUT2D eigenvalue weighted by Gasteiger charge is -2.23. The SMILES string of the molecule is CCN(c1cccc(F)c1)S(=O)(=O)c1ccc(C)cc1. The average molecular weight is 293 g/mol. The molecule has 0 unspecified atom stereocenters. The van der Waals surface area contributed by atoms with Gasteiger partial charge in [0, 0.05) is 6.54 Å². The summed E-state index contributed by atoms with van der Waals surface area (Å²) >= 11 is 0. The van der Waals surface area contributed by atoms with E-state index >= 15 is 0 Å². The Labute approximate surface area is 118 Å². The summed E-state index contributed by atoms with van der Waals surface area (Å²) in [5.41, 5.74) is 1.31. The Morgan fingerprint density at radius 3 is 2.30 bits per heavy atom. The maximum atomic E-state index is 13.3. The molecular formula is C15H16FNO2S. The first-order valence-electron chi connectivity index (χ1n) is 6.30. The molecule has 0 aliphatic heterocycles. The number of aryl methyl sites for hydroxylation is 1. The van der Waals surface area contributed by atoms with Crippen LogP contribution in [-0.4, -0.2) is 15.0 Å². The van der Waals surface area contributed by atoms with E-state index < -0.39 is 15.8 Å². The van der Waals surface area contributed by atoms with Gasteiger partial charge in [0.05, 0.1) is 10.6 Å². The highest BCUT2D eigenvalue weighted by Crippen LogP contribution is 2.24. The normalized spacial score (nSPS) is 11.3. The van der Waals surface area contributed by atoms with Crippen LogP contribution in [0.3, 0.4) is 0 Å². The minimum atomic E-state index is -3.67. The molecule has 0 aliphatic carbocycles. The van der Waals surface area contributed by atoms with Gasteiger partial charge in [0.25, 0.3) is 10.0 Å². The Hall–Kier alpha value is -1.88. The van der Waals surface area contributed by atoms with Crippen molar-refractivity contribution in [3.05, 3.63) is 59.9 Å². The zero-order valence-electron chi connectivity index (χ0n) is 11.4. The summed E-state index contributed by atoms with van der Waals surface area (Å²) in [7, 11) is -3.67.